The van der Waals surface area contributed by atoms with E-state index in [1.54, 1.807) is 18.2 Å². The molecule has 0 bridgehead atoms. The first-order valence-electron chi connectivity index (χ1n) is 9.47. The molecule has 0 fully saturated rings. The molecule has 0 unspecified atom stereocenters. The molecule has 5 heterocycles. The number of nitrogens with one attached hydrogen (secondary N) is 2. The zero-order valence-electron chi connectivity index (χ0n) is 16.7. The Balaban J connectivity index is 1.26. The van der Waals surface area contributed by atoms with Crippen molar-refractivity contribution < 1.29 is 9.59 Å². The van der Waals surface area contributed by atoms with Crippen molar-refractivity contribution in [3.63, 3.8) is 0 Å². The number of hydrogen-bond donors (Lipinski definition) is 2. The molecule has 170 valence electrons. The molecule has 0 saturated carbocycles. The first-order valence-corrected chi connectivity index (χ1v) is 13.6. The van der Waals surface area contributed by atoms with Gasteiger partial charge in [-0.25, -0.2) is 15.0 Å². The molecule has 7 nitrogen and oxygen atoms in total. The van der Waals surface area contributed by atoms with Crippen LogP contribution in [0.2, 0.25) is 8.67 Å². The average molecular weight is 565 g/mol. The summed E-state index contributed by atoms with van der Waals surface area (Å²) in [4.78, 5) is 40.2. The fourth-order valence-corrected chi connectivity index (χ4v) is 6.37. The molecule has 5 aromatic rings. The van der Waals surface area contributed by atoms with Gasteiger partial charge in [-0.1, -0.05) is 29.3 Å². The van der Waals surface area contributed by atoms with Crippen LogP contribution in [0, 0.1) is 0 Å². The summed E-state index contributed by atoms with van der Waals surface area (Å²) in [5, 5.41) is 9.95. The lowest BCUT2D eigenvalue weighted by Gasteiger charge is -2.04. The molecule has 13 heteroatoms. The monoisotopic (exact) mass is 563 g/mol. The Hall–Kier alpha value is -2.67. The third kappa shape index (κ3) is 5.19. The summed E-state index contributed by atoms with van der Waals surface area (Å²) in [6, 6.07) is 12.0. The lowest BCUT2D eigenvalue weighted by Crippen LogP contribution is -2.18. The number of anilines is 2. The van der Waals surface area contributed by atoms with Crippen LogP contribution in [0.5, 0.6) is 0 Å². The quantitative estimate of drug-likeness (QED) is 0.226. The molecule has 0 aliphatic heterocycles. The number of pyridine rings is 1. The second-order valence-corrected chi connectivity index (χ2v) is 11.7. The SMILES string of the molecule is O=C(Nc1nc(-c2ccc(Cl)s2)cs1)c1cccc(C(=O)Nc2nc(-c3ccc(Cl)s3)cs2)n1. The third-order valence-corrected chi connectivity index (χ3v) is 8.34. The van der Waals surface area contributed by atoms with Gasteiger partial charge in [0.05, 0.1) is 29.8 Å². The van der Waals surface area contributed by atoms with E-state index in [2.05, 4.69) is 25.6 Å². The molecular weight excluding hydrogens is 553 g/mol. The molecule has 2 amide bonds. The van der Waals surface area contributed by atoms with Crippen molar-refractivity contribution in [2.45, 2.75) is 0 Å². The summed E-state index contributed by atoms with van der Waals surface area (Å²) >= 11 is 17.4. The van der Waals surface area contributed by atoms with Gasteiger partial charge in [0.25, 0.3) is 11.8 Å². The topological polar surface area (TPSA) is 96.9 Å². The van der Waals surface area contributed by atoms with Gasteiger partial charge in [0.2, 0.25) is 0 Å². The van der Waals surface area contributed by atoms with Gasteiger partial charge in [-0.3, -0.25) is 20.2 Å². The van der Waals surface area contributed by atoms with Crippen LogP contribution in [0.15, 0.2) is 53.2 Å². The predicted molar refractivity (Wildman–Crippen MR) is 141 cm³/mol. The Kier molecular flexibility index (Phi) is 6.73. The number of carbonyl (C=O) groups excluding carboxylic acids is 2. The van der Waals surface area contributed by atoms with Crippen molar-refractivity contribution in [3.8, 4) is 21.1 Å². The maximum atomic E-state index is 12.7. The average Bonchev–Trinajstić information content (AvgIpc) is 3.62. The Morgan fingerprint density at radius 2 is 1.15 bits per heavy atom. The highest BCUT2D eigenvalue weighted by atomic mass is 35.5. The smallest absolute Gasteiger partial charge is 0.276 e. The molecule has 34 heavy (non-hydrogen) atoms. The van der Waals surface area contributed by atoms with Crippen molar-refractivity contribution in [2.75, 3.05) is 10.6 Å². The van der Waals surface area contributed by atoms with E-state index in [0.29, 0.717) is 18.9 Å². The van der Waals surface area contributed by atoms with Crippen molar-refractivity contribution >= 4 is 90.6 Å². The second kappa shape index (κ2) is 9.90. The standard InChI is InChI=1S/C21H11Cl2N5O2S4/c22-16-6-4-14(33-16)12-8-31-20(25-12)27-18(29)10-2-1-3-11(24-10)19(30)28-21-26-13(9-32-21)15-5-7-17(23)34-15/h1-9H,(H,25,27,29)(H,26,28,30). The highest BCUT2D eigenvalue weighted by molar-refractivity contribution is 7.20. The molecule has 0 radical (unpaired) electrons. The summed E-state index contributed by atoms with van der Waals surface area (Å²) < 4.78 is 1.33. The number of rotatable bonds is 6. The minimum atomic E-state index is -0.467. The maximum Gasteiger partial charge on any atom is 0.276 e. The number of halogens is 2. The van der Waals surface area contributed by atoms with Crippen molar-refractivity contribution in [3.05, 3.63) is 73.3 Å². The summed E-state index contributed by atoms with van der Waals surface area (Å²) in [6.07, 6.45) is 0. The van der Waals surface area contributed by atoms with Gasteiger partial charge in [-0.2, -0.15) is 0 Å². The van der Waals surface area contributed by atoms with Crippen molar-refractivity contribution in [1.82, 2.24) is 15.0 Å². The molecule has 0 spiro atoms. The normalized spacial score (nSPS) is 10.9. The Morgan fingerprint density at radius 1 is 0.676 bits per heavy atom. The molecular formula is C21H11Cl2N5O2S4. The van der Waals surface area contributed by atoms with Gasteiger partial charge < -0.3 is 0 Å². The van der Waals surface area contributed by atoms with Crippen LogP contribution < -0.4 is 10.6 Å². The van der Waals surface area contributed by atoms with Crippen LogP contribution in [0.1, 0.15) is 21.0 Å². The molecule has 5 aromatic heterocycles. The molecule has 0 aromatic carbocycles. The fraction of sp³-hybridized carbons (Fsp3) is 0. The van der Waals surface area contributed by atoms with Gasteiger partial charge in [-0.05, 0) is 36.4 Å². The summed E-state index contributed by atoms with van der Waals surface area (Å²) in [5.41, 5.74) is 1.64. The first kappa shape index (κ1) is 23.1. The van der Waals surface area contributed by atoms with Gasteiger partial charge in [-0.15, -0.1) is 45.3 Å². The van der Waals surface area contributed by atoms with Crippen LogP contribution in [-0.2, 0) is 0 Å². The molecule has 0 saturated heterocycles. The zero-order valence-corrected chi connectivity index (χ0v) is 21.5. The van der Waals surface area contributed by atoms with Crippen LogP contribution in [0.4, 0.5) is 10.3 Å². The van der Waals surface area contributed by atoms with Crippen LogP contribution in [0.25, 0.3) is 21.1 Å². The van der Waals surface area contributed by atoms with E-state index in [-0.39, 0.29) is 11.4 Å². The predicted octanol–water partition coefficient (Wildman–Crippen LogP) is 7.26. The highest BCUT2D eigenvalue weighted by Crippen LogP contribution is 2.34. The van der Waals surface area contributed by atoms with Crippen LogP contribution in [-0.4, -0.2) is 26.8 Å². The maximum absolute atomic E-state index is 12.7. The van der Waals surface area contributed by atoms with E-state index >= 15 is 0 Å². The van der Waals surface area contributed by atoms with Crippen LogP contribution >= 0.6 is 68.5 Å². The number of thiazole rings is 2. The van der Waals surface area contributed by atoms with Crippen LogP contribution in [0.3, 0.4) is 0 Å². The summed E-state index contributed by atoms with van der Waals surface area (Å²) in [5.74, 6) is -0.934. The number of amides is 2. The largest absolute Gasteiger partial charge is 0.296 e. The third-order valence-electron chi connectivity index (χ3n) is 4.31. The summed E-state index contributed by atoms with van der Waals surface area (Å²) in [7, 11) is 0. The van der Waals surface area contributed by atoms with Gasteiger partial charge in [0.1, 0.15) is 11.4 Å². The molecule has 5 rings (SSSR count). The molecule has 2 N–H and O–H groups in total. The van der Waals surface area contributed by atoms with E-state index in [4.69, 9.17) is 23.2 Å². The Bertz CT molecular complexity index is 1400. The van der Waals surface area contributed by atoms with E-state index < -0.39 is 11.8 Å². The van der Waals surface area contributed by atoms with E-state index in [1.165, 1.54) is 57.5 Å². The molecule has 0 aliphatic rings. The fourth-order valence-electron chi connectivity index (χ4n) is 2.80. The van der Waals surface area contributed by atoms with Crippen molar-refractivity contribution in [1.29, 1.82) is 0 Å². The van der Waals surface area contributed by atoms with E-state index in [1.807, 2.05) is 22.9 Å². The zero-order chi connectivity index (χ0) is 23.7. The van der Waals surface area contributed by atoms with Crippen molar-refractivity contribution in [2.24, 2.45) is 0 Å². The first-order chi connectivity index (χ1) is 16.4. The van der Waals surface area contributed by atoms with Gasteiger partial charge in [0.15, 0.2) is 10.3 Å². The number of thiophene rings is 2. The lowest BCUT2D eigenvalue weighted by molar-refractivity contribution is 0.101. The number of nitrogens with zero attached hydrogens (tertiary/aromatic N) is 3. The minimum Gasteiger partial charge on any atom is -0.296 e. The Morgan fingerprint density at radius 3 is 1.56 bits per heavy atom. The number of carbonyl (C=O) groups is 2. The minimum absolute atomic E-state index is 0.0941. The lowest BCUT2D eigenvalue weighted by atomic mass is 10.3. The number of hydrogen-bond acceptors (Lipinski definition) is 9. The number of aromatic nitrogens is 3. The summed E-state index contributed by atoms with van der Waals surface area (Å²) in [6.45, 7) is 0. The molecule has 0 atom stereocenters. The molecule has 0 aliphatic carbocycles. The van der Waals surface area contributed by atoms with Gasteiger partial charge in [0, 0.05) is 10.8 Å². The van der Waals surface area contributed by atoms with Gasteiger partial charge >= 0.3 is 0 Å². The van der Waals surface area contributed by atoms with E-state index in [0.717, 1.165) is 21.1 Å². The second-order valence-electron chi connectivity index (χ2n) is 6.60. The highest BCUT2D eigenvalue weighted by Gasteiger charge is 2.16. The Labute approximate surface area is 219 Å². The van der Waals surface area contributed by atoms with E-state index in [9.17, 15) is 9.59 Å².